The summed E-state index contributed by atoms with van der Waals surface area (Å²) < 4.78 is 5.17. The molecule has 0 fully saturated rings. The molecule has 0 bridgehead atoms. The van der Waals surface area contributed by atoms with E-state index in [9.17, 15) is 0 Å². The summed E-state index contributed by atoms with van der Waals surface area (Å²) in [7, 11) is 0. The molecule has 354 valence electrons. The molecule has 0 aliphatic rings. The molecule has 13 aromatic rings. The van der Waals surface area contributed by atoms with Gasteiger partial charge in [-0.3, -0.25) is 0 Å². The summed E-state index contributed by atoms with van der Waals surface area (Å²) in [6.07, 6.45) is 0. The minimum Gasteiger partial charge on any atom is -0.310 e. The van der Waals surface area contributed by atoms with Crippen molar-refractivity contribution in [3.05, 3.63) is 204 Å². The fourth-order valence-corrected chi connectivity index (χ4v) is 11.9. The van der Waals surface area contributed by atoms with E-state index in [2.05, 4.69) is 270 Å². The van der Waals surface area contributed by atoms with E-state index in [1.54, 1.807) is 0 Å². The fraction of sp³-hybridized carbons (Fsp3) is 0.206. The minimum atomic E-state index is -0.0237. The van der Waals surface area contributed by atoms with E-state index in [1.165, 1.54) is 110 Å². The quantitative estimate of drug-likeness (QED) is 0.151. The van der Waals surface area contributed by atoms with Crippen molar-refractivity contribution in [2.45, 2.75) is 91.9 Å². The van der Waals surface area contributed by atoms with Crippen LogP contribution in [0.15, 0.2) is 182 Å². The van der Waals surface area contributed by atoms with Gasteiger partial charge in [-0.25, -0.2) is 0 Å². The highest BCUT2D eigenvalue weighted by atomic mass is 15.2. The second-order valence-corrected chi connectivity index (χ2v) is 23.1. The van der Waals surface area contributed by atoms with Crippen LogP contribution in [0.1, 0.15) is 103 Å². The molecule has 13 rings (SSSR count). The number of benzene rings is 9. The van der Waals surface area contributed by atoms with Crippen LogP contribution in [-0.4, -0.2) is 8.80 Å². The minimum absolute atomic E-state index is 0.0237. The van der Waals surface area contributed by atoms with Crippen molar-refractivity contribution in [1.29, 1.82) is 0 Å². The lowest BCUT2D eigenvalue weighted by Gasteiger charge is -2.27. The molecule has 0 radical (unpaired) electrons. The van der Waals surface area contributed by atoms with Crippen molar-refractivity contribution in [3.8, 4) is 0 Å². The predicted molar refractivity (Wildman–Crippen MR) is 311 cm³/mol. The maximum atomic E-state index is 2.58. The molecule has 4 heterocycles. The third-order valence-corrected chi connectivity index (χ3v) is 15.8. The lowest BCUT2D eigenvalue weighted by Crippen LogP contribution is -2.11. The molecule has 4 aromatic heterocycles. The fourth-order valence-electron chi connectivity index (χ4n) is 11.9. The van der Waals surface area contributed by atoms with Crippen molar-refractivity contribution in [1.82, 2.24) is 8.80 Å². The van der Waals surface area contributed by atoms with E-state index in [4.69, 9.17) is 0 Å². The maximum Gasteiger partial charge on any atom is 0.0641 e. The van der Waals surface area contributed by atoms with Crippen LogP contribution < -0.4 is 9.80 Å². The van der Waals surface area contributed by atoms with Gasteiger partial charge in [0.1, 0.15) is 0 Å². The molecule has 4 nitrogen and oxygen atoms in total. The van der Waals surface area contributed by atoms with E-state index in [-0.39, 0.29) is 10.8 Å². The molecule has 72 heavy (non-hydrogen) atoms. The Kier molecular flexibility index (Phi) is 9.71. The lowest BCUT2D eigenvalue weighted by atomic mass is 9.86. The molecule has 0 aliphatic carbocycles. The average molecular weight is 935 g/mol. The molecule has 9 aromatic carbocycles. The van der Waals surface area contributed by atoms with E-state index in [0.717, 1.165) is 22.7 Å². The van der Waals surface area contributed by atoms with Gasteiger partial charge in [0.05, 0.1) is 44.5 Å². The largest absolute Gasteiger partial charge is 0.310 e. The molecule has 0 saturated carbocycles. The van der Waals surface area contributed by atoms with Crippen molar-refractivity contribution in [2.75, 3.05) is 9.80 Å². The summed E-state index contributed by atoms with van der Waals surface area (Å²) in [6.45, 7) is 23.0. The summed E-state index contributed by atoms with van der Waals surface area (Å²) in [4.78, 5) is 4.94. The topological polar surface area (TPSA) is 15.3 Å². The standard InChI is InChI=1S/C68H62N4/c1-41(2)43-21-27-49(28-22-43)69(47-17-13-11-14-18-47)59-35-31-51-53-39-62-54(40-61(53)71-57-33-25-45(67(5,6)7)37-55(57)63(59)65(51)71)52-32-36-60(64-56-38-46(68(8,9)10)26-34-58(56)72(62)66(52)64)70(48-19-15-12-16-20-48)50-29-23-44(24-30-50)42(3)4/h11-42H,1-10H3. The second kappa shape index (κ2) is 15.8. The highest BCUT2D eigenvalue weighted by Gasteiger charge is 2.29. The van der Waals surface area contributed by atoms with E-state index >= 15 is 0 Å². The molecule has 0 amide bonds. The Morgan fingerprint density at radius 1 is 0.333 bits per heavy atom. The van der Waals surface area contributed by atoms with Gasteiger partial charge in [0, 0.05) is 65.8 Å². The molecule has 0 unspecified atom stereocenters. The summed E-state index contributed by atoms with van der Waals surface area (Å²) in [5.74, 6) is 0.899. The summed E-state index contributed by atoms with van der Waals surface area (Å²) in [5, 5.41) is 10.2. The third kappa shape index (κ3) is 6.57. The van der Waals surface area contributed by atoms with Crippen LogP contribution in [0.25, 0.3) is 76.2 Å². The molecule has 0 saturated heterocycles. The Hall–Kier alpha value is -7.82. The van der Waals surface area contributed by atoms with Gasteiger partial charge in [-0.2, -0.15) is 0 Å². The average Bonchev–Trinajstić information content (AvgIpc) is 4.10. The van der Waals surface area contributed by atoms with E-state index in [0.29, 0.717) is 11.8 Å². The van der Waals surface area contributed by atoms with Gasteiger partial charge < -0.3 is 18.6 Å². The number of rotatable bonds is 8. The Bertz CT molecular complexity index is 3920. The number of anilines is 6. The molecular weight excluding hydrogens is 873 g/mol. The lowest BCUT2D eigenvalue weighted by molar-refractivity contribution is 0.591. The first-order valence-corrected chi connectivity index (χ1v) is 26.0. The molecule has 0 atom stereocenters. The van der Waals surface area contributed by atoms with Crippen molar-refractivity contribution >= 4 is 110 Å². The third-order valence-electron chi connectivity index (χ3n) is 15.8. The van der Waals surface area contributed by atoms with Crippen LogP contribution in [0.2, 0.25) is 0 Å². The monoisotopic (exact) mass is 934 g/mol. The number of para-hydroxylation sites is 2. The molecular formula is C68H62N4. The first-order valence-electron chi connectivity index (χ1n) is 26.0. The number of aromatic nitrogens is 2. The zero-order chi connectivity index (χ0) is 49.5. The number of fused-ring (bicyclic) bond motifs is 12. The smallest absolute Gasteiger partial charge is 0.0641 e. The molecule has 4 heteroatoms. The maximum absolute atomic E-state index is 2.58. The zero-order valence-electron chi connectivity index (χ0n) is 43.3. The Balaban J connectivity index is 1.13. The first kappa shape index (κ1) is 44.1. The summed E-state index contributed by atoms with van der Waals surface area (Å²) >= 11 is 0. The molecule has 0 spiro atoms. The summed E-state index contributed by atoms with van der Waals surface area (Å²) in [5.41, 5.74) is 19.7. The van der Waals surface area contributed by atoms with Crippen molar-refractivity contribution < 1.29 is 0 Å². The Labute approximate surface area is 423 Å². The molecule has 0 N–H and O–H groups in total. The first-order chi connectivity index (χ1) is 34.7. The van der Waals surface area contributed by atoms with Gasteiger partial charge in [0.15, 0.2) is 0 Å². The zero-order valence-corrected chi connectivity index (χ0v) is 43.3. The van der Waals surface area contributed by atoms with Crippen LogP contribution >= 0.6 is 0 Å². The van der Waals surface area contributed by atoms with Crippen LogP contribution in [0.3, 0.4) is 0 Å². The highest BCUT2D eigenvalue weighted by Crippen LogP contribution is 2.52. The molecule has 0 aliphatic heterocycles. The van der Waals surface area contributed by atoms with Gasteiger partial charge in [-0.05, 0) is 142 Å². The Morgan fingerprint density at radius 3 is 1.04 bits per heavy atom. The van der Waals surface area contributed by atoms with Gasteiger partial charge >= 0.3 is 0 Å². The summed E-state index contributed by atoms with van der Waals surface area (Å²) in [6, 6.07) is 69.3. The normalized spacial score (nSPS) is 12.8. The number of hydrogen-bond donors (Lipinski definition) is 0. The Morgan fingerprint density at radius 2 is 0.694 bits per heavy atom. The van der Waals surface area contributed by atoms with Crippen molar-refractivity contribution in [3.63, 3.8) is 0 Å². The van der Waals surface area contributed by atoms with Crippen molar-refractivity contribution in [2.24, 2.45) is 0 Å². The van der Waals surface area contributed by atoms with E-state index < -0.39 is 0 Å². The van der Waals surface area contributed by atoms with Gasteiger partial charge in [-0.15, -0.1) is 0 Å². The highest BCUT2D eigenvalue weighted by molar-refractivity contribution is 6.32. The van der Waals surface area contributed by atoms with Gasteiger partial charge in [-0.1, -0.05) is 154 Å². The van der Waals surface area contributed by atoms with Gasteiger partial charge in [0.2, 0.25) is 0 Å². The van der Waals surface area contributed by atoms with Crippen LogP contribution in [0.4, 0.5) is 34.1 Å². The second-order valence-electron chi connectivity index (χ2n) is 23.1. The van der Waals surface area contributed by atoms with Crippen LogP contribution in [-0.2, 0) is 10.8 Å². The predicted octanol–water partition coefficient (Wildman–Crippen LogP) is 19.8. The van der Waals surface area contributed by atoms with Gasteiger partial charge in [0.25, 0.3) is 0 Å². The van der Waals surface area contributed by atoms with E-state index in [1.807, 2.05) is 0 Å². The number of hydrogen-bond acceptors (Lipinski definition) is 2. The number of nitrogens with zero attached hydrogens (tertiary/aromatic N) is 4. The SMILES string of the molecule is CC(C)c1ccc(N(c2ccccc2)c2ccc3c4cc5c(cc4n4c6ccc(C(C)(C)C)cc6c2c34)c2ccc(N(c3ccccc3)c3ccc(C(C)C)cc3)c3c4cc(C(C)(C)C)ccc4n5c23)cc1. The van der Waals surface area contributed by atoms with Crippen LogP contribution in [0.5, 0.6) is 0 Å². The van der Waals surface area contributed by atoms with Crippen LogP contribution in [0, 0.1) is 0 Å².